The number of methoxy groups -OCH3 is 2. The minimum Gasteiger partial charge on any atom is -0.481 e. The van der Waals surface area contributed by atoms with Crippen LogP contribution in [-0.2, 0) is 4.74 Å². The van der Waals surface area contributed by atoms with Crippen LogP contribution in [0, 0.1) is 0 Å². The molecule has 2 aromatic rings. The number of benzene rings is 1. The minimum atomic E-state index is -0.548. The maximum absolute atomic E-state index is 11.9. The third-order valence-corrected chi connectivity index (χ3v) is 3.59. The summed E-state index contributed by atoms with van der Waals surface area (Å²) in [5.41, 5.74) is 1.02. The van der Waals surface area contributed by atoms with Crippen LogP contribution < -0.4 is 4.74 Å². The van der Waals surface area contributed by atoms with Gasteiger partial charge in [0.15, 0.2) is 0 Å². The molecule has 0 radical (unpaired) electrons. The third kappa shape index (κ3) is 3.07. The van der Waals surface area contributed by atoms with Crippen LogP contribution in [0.3, 0.4) is 0 Å². The van der Waals surface area contributed by atoms with Crippen LogP contribution in [0.5, 0.6) is 5.88 Å². The van der Waals surface area contributed by atoms with E-state index in [1.54, 1.807) is 0 Å². The molecule has 0 amide bonds. The van der Waals surface area contributed by atoms with Crippen LogP contribution in [0.2, 0.25) is 15.1 Å². The van der Waals surface area contributed by atoms with Gasteiger partial charge in [-0.25, -0.2) is 9.78 Å². The molecule has 0 aliphatic rings. The predicted molar refractivity (Wildman–Crippen MR) is 82.6 cm³/mol. The summed E-state index contributed by atoms with van der Waals surface area (Å²) in [5, 5.41) is 0.948. The molecular formula is C14H10Cl3NO3. The van der Waals surface area contributed by atoms with E-state index in [-0.39, 0.29) is 21.5 Å². The van der Waals surface area contributed by atoms with Gasteiger partial charge in [-0.1, -0.05) is 34.8 Å². The molecule has 0 atom stereocenters. The summed E-state index contributed by atoms with van der Waals surface area (Å²) in [6, 6.07) is 4.56. The predicted octanol–water partition coefficient (Wildman–Crippen LogP) is 4.50. The summed E-state index contributed by atoms with van der Waals surface area (Å²) < 4.78 is 9.97. The first kappa shape index (κ1) is 15.9. The van der Waals surface area contributed by atoms with E-state index in [4.69, 9.17) is 44.3 Å². The van der Waals surface area contributed by atoms with Crippen molar-refractivity contribution in [1.29, 1.82) is 0 Å². The lowest BCUT2D eigenvalue weighted by atomic mass is 10.0. The molecule has 1 aromatic carbocycles. The van der Waals surface area contributed by atoms with Gasteiger partial charge in [0, 0.05) is 16.8 Å². The molecule has 110 valence electrons. The number of hydrogen-bond acceptors (Lipinski definition) is 4. The Labute approximate surface area is 136 Å². The van der Waals surface area contributed by atoms with E-state index in [1.165, 1.54) is 38.6 Å². The lowest BCUT2D eigenvalue weighted by Gasteiger charge is -2.14. The highest BCUT2D eigenvalue weighted by Crippen LogP contribution is 2.42. The second-order valence-corrected chi connectivity index (χ2v) is 5.23. The average molecular weight is 347 g/mol. The van der Waals surface area contributed by atoms with Gasteiger partial charge in [0.2, 0.25) is 5.88 Å². The number of ether oxygens (including phenoxy) is 2. The van der Waals surface area contributed by atoms with Gasteiger partial charge in [-0.2, -0.15) is 0 Å². The number of pyridine rings is 1. The topological polar surface area (TPSA) is 48.4 Å². The zero-order valence-corrected chi connectivity index (χ0v) is 13.4. The monoisotopic (exact) mass is 345 g/mol. The first-order chi connectivity index (χ1) is 9.99. The van der Waals surface area contributed by atoms with Crippen molar-refractivity contribution in [2.24, 2.45) is 0 Å². The summed E-state index contributed by atoms with van der Waals surface area (Å²) in [6.45, 7) is 0. The van der Waals surface area contributed by atoms with Crippen LogP contribution >= 0.6 is 34.8 Å². The Morgan fingerprint density at radius 3 is 2.24 bits per heavy atom. The Bertz CT molecular complexity index is 681. The number of nitrogens with zero attached hydrogens (tertiary/aromatic N) is 1. The summed E-state index contributed by atoms with van der Waals surface area (Å²) >= 11 is 18.3. The van der Waals surface area contributed by atoms with E-state index >= 15 is 0 Å². The first-order valence-corrected chi connectivity index (χ1v) is 6.89. The molecule has 0 bridgehead atoms. The number of aromatic nitrogens is 1. The fourth-order valence-corrected chi connectivity index (χ4v) is 2.91. The van der Waals surface area contributed by atoms with Crippen molar-refractivity contribution < 1.29 is 14.3 Å². The number of hydrogen-bond donors (Lipinski definition) is 0. The molecule has 2 rings (SSSR count). The Morgan fingerprint density at radius 2 is 1.71 bits per heavy atom. The van der Waals surface area contributed by atoms with Gasteiger partial charge in [-0.15, -0.1) is 0 Å². The molecule has 0 saturated carbocycles. The van der Waals surface area contributed by atoms with Gasteiger partial charge in [0.1, 0.15) is 0 Å². The molecule has 1 heterocycles. The van der Waals surface area contributed by atoms with E-state index in [9.17, 15) is 4.79 Å². The fourth-order valence-electron chi connectivity index (χ4n) is 1.90. The van der Waals surface area contributed by atoms with Crippen LogP contribution in [0.25, 0.3) is 11.1 Å². The van der Waals surface area contributed by atoms with E-state index in [2.05, 4.69) is 4.98 Å². The Kier molecular flexibility index (Phi) is 4.93. The Morgan fingerprint density at radius 1 is 1.10 bits per heavy atom. The first-order valence-electron chi connectivity index (χ1n) is 5.75. The molecule has 0 aliphatic heterocycles. The van der Waals surface area contributed by atoms with E-state index in [0.717, 1.165) is 0 Å². The van der Waals surface area contributed by atoms with Gasteiger partial charge >= 0.3 is 5.97 Å². The molecule has 0 aliphatic carbocycles. The van der Waals surface area contributed by atoms with Crippen molar-refractivity contribution in [2.45, 2.75) is 0 Å². The van der Waals surface area contributed by atoms with Crippen molar-refractivity contribution in [3.63, 3.8) is 0 Å². The van der Waals surface area contributed by atoms with Crippen molar-refractivity contribution in [3.8, 4) is 17.0 Å². The van der Waals surface area contributed by atoms with E-state index < -0.39 is 5.97 Å². The maximum atomic E-state index is 11.9. The quantitative estimate of drug-likeness (QED) is 0.768. The summed E-state index contributed by atoms with van der Waals surface area (Å²) in [4.78, 5) is 16.0. The summed E-state index contributed by atoms with van der Waals surface area (Å²) in [6.07, 6.45) is 1.44. The van der Waals surface area contributed by atoms with Gasteiger partial charge in [-0.05, 0) is 18.2 Å². The number of carbonyl (C=O) groups excluding carboxylic acids is 1. The highest BCUT2D eigenvalue weighted by Gasteiger charge is 2.23. The zero-order chi connectivity index (χ0) is 15.6. The van der Waals surface area contributed by atoms with Gasteiger partial charge in [0.05, 0.1) is 35.4 Å². The van der Waals surface area contributed by atoms with E-state index in [1.807, 2.05) is 0 Å². The Hall–Kier alpha value is -1.49. The highest BCUT2D eigenvalue weighted by molar-refractivity contribution is 6.42. The summed E-state index contributed by atoms with van der Waals surface area (Å²) in [5.74, 6) is -0.336. The van der Waals surface area contributed by atoms with Crippen molar-refractivity contribution in [2.75, 3.05) is 14.2 Å². The molecule has 1 aromatic heterocycles. The normalized spacial score (nSPS) is 10.3. The third-order valence-electron chi connectivity index (χ3n) is 2.77. The molecule has 0 spiro atoms. The van der Waals surface area contributed by atoms with Crippen LogP contribution in [-0.4, -0.2) is 25.2 Å². The van der Waals surface area contributed by atoms with E-state index in [0.29, 0.717) is 16.1 Å². The smallest absolute Gasteiger partial charge is 0.338 e. The van der Waals surface area contributed by atoms with Crippen LogP contribution in [0.4, 0.5) is 0 Å². The fraction of sp³-hybridized carbons (Fsp3) is 0.143. The number of halogens is 3. The van der Waals surface area contributed by atoms with Crippen molar-refractivity contribution in [1.82, 2.24) is 4.98 Å². The zero-order valence-electron chi connectivity index (χ0n) is 11.1. The molecule has 0 saturated heterocycles. The molecule has 0 fully saturated rings. The average Bonchev–Trinajstić information content (AvgIpc) is 2.45. The molecule has 7 heteroatoms. The molecule has 4 nitrogen and oxygen atoms in total. The molecular weight excluding hydrogens is 337 g/mol. The lowest BCUT2D eigenvalue weighted by molar-refractivity contribution is 0.0601. The second kappa shape index (κ2) is 6.52. The van der Waals surface area contributed by atoms with Crippen molar-refractivity contribution in [3.05, 3.63) is 45.0 Å². The molecule has 0 N–H and O–H groups in total. The van der Waals surface area contributed by atoms with Gasteiger partial charge < -0.3 is 9.47 Å². The number of esters is 1. The number of rotatable bonds is 3. The van der Waals surface area contributed by atoms with Gasteiger partial charge in [0.25, 0.3) is 0 Å². The largest absolute Gasteiger partial charge is 0.481 e. The summed E-state index contributed by atoms with van der Waals surface area (Å²) in [7, 11) is 2.72. The highest BCUT2D eigenvalue weighted by atomic mass is 35.5. The van der Waals surface area contributed by atoms with Gasteiger partial charge in [-0.3, -0.25) is 0 Å². The molecule has 21 heavy (non-hydrogen) atoms. The maximum Gasteiger partial charge on any atom is 0.338 e. The Balaban J connectivity index is 2.82. The SMILES string of the molecule is COC(=O)c1ccnc(OC)c1-c1c(Cl)cc(Cl)cc1Cl. The molecule has 0 unspecified atom stereocenters. The van der Waals surface area contributed by atoms with Crippen LogP contribution in [0.15, 0.2) is 24.4 Å². The minimum absolute atomic E-state index is 0.212. The van der Waals surface area contributed by atoms with Crippen molar-refractivity contribution >= 4 is 40.8 Å². The lowest BCUT2D eigenvalue weighted by Crippen LogP contribution is -2.06. The second-order valence-electron chi connectivity index (χ2n) is 3.98. The standard InChI is InChI=1S/C14H10Cl3NO3/c1-20-13-11(8(3-4-18-13)14(19)21-2)12-9(16)5-7(15)6-10(12)17/h3-6H,1-2H3. The number of carbonyl (C=O) groups is 1. The van der Waals surface area contributed by atoms with Crippen LogP contribution in [0.1, 0.15) is 10.4 Å².